The summed E-state index contributed by atoms with van der Waals surface area (Å²) in [5, 5.41) is 5.86. The van der Waals surface area contributed by atoms with Gasteiger partial charge in [-0.1, -0.05) is 54.9 Å². The maximum absolute atomic E-state index is 12.9. The van der Waals surface area contributed by atoms with Crippen molar-refractivity contribution in [2.24, 2.45) is 4.99 Å². The number of likely N-dealkylation sites (tertiary alicyclic amines) is 1. The van der Waals surface area contributed by atoms with Crippen LogP contribution in [0.5, 0.6) is 0 Å². The van der Waals surface area contributed by atoms with Gasteiger partial charge in [0.1, 0.15) is 0 Å². The van der Waals surface area contributed by atoms with Crippen molar-refractivity contribution in [3.8, 4) is 0 Å². The smallest absolute Gasteiger partial charge is 0.338 e. The number of amidine groups is 1. The predicted molar refractivity (Wildman–Crippen MR) is 136 cm³/mol. The van der Waals surface area contributed by atoms with Gasteiger partial charge in [-0.3, -0.25) is 4.79 Å². The van der Waals surface area contributed by atoms with E-state index >= 15 is 0 Å². The summed E-state index contributed by atoms with van der Waals surface area (Å²) < 4.78 is 5.18. The third kappa shape index (κ3) is 5.39. The van der Waals surface area contributed by atoms with Crippen LogP contribution in [0.4, 0.5) is 0 Å². The van der Waals surface area contributed by atoms with E-state index < -0.39 is 0 Å². The molecule has 1 atom stereocenters. The number of benzene rings is 1. The molecule has 182 valence electrons. The fourth-order valence-electron chi connectivity index (χ4n) is 4.83. The number of carbonyl (C=O) groups excluding carboxylic acids is 2. The van der Waals surface area contributed by atoms with Crippen LogP contribution in [-0.2, 0) is 14.3 Å². The summed E-state index contributed by atoms with van der Waals surface area (Å²) >= 11 is 1.51. The van der Waals surface area contributed by atoms with Gasteiger partial charge in [0.15, 0.2) is 5.17 Å². The fraction of sp³-hybridized carbons (Fsp3) is 0.500. The molecule has 0 unspecified atom stereocenters. The van der Waals surface area contributed by atoms with Crippen LogP contribution < -0.4 is 5.32 Å². The number of allylic oxidation sites excluding steroid dienone is 1. The average Bonchev–Trinajstić information content (AvgIpc) is 3.25. The number of ether oxygens (including phenoxy) is 1. The lowest BCUT2D eigenvalue weighted by atomic mass is 9.92. The largest absolute Gasteiger partial charge is 0.466 e. The van der Waals surface area contributed by atoms with Gasteiger partial charge in [0.05, 0.1) is 30.8 Å². The lowest BCUT2D eigenvalue weighted by Crippen LogP contribution is -2.40. The highest BCUT2D eigenvalue weighted by atomic mass is 32.2. The maximum atomic E-state index is 12.9. The number of aryl methyl sites for hydroxylation is 1. The van der Waals surface area contributed by atoms with Gasteiger partial charge in [-0.05, 0) is 50.2 Å². The van der Waals surface area contributed by atoms with Gasteiger partial charge >= 0.3 is 5.97 Å². The monoisotopic (exact) mass is 482 g/mol. The van der Waals surface area contributed by atoms with Crippen molar-refractivity contribution in [1.29, 1.82) is 0 Å². The third-order valence-electron chi connectivity index (χ3n) is 6.53. The Bertz CT molecular complexity index is 1030. The first-order valence-electron chi connectivity index (χ1n) is 12.1. The number of hydrogen-bond donors (Lipinski definition) is 1. The molecule has 1 saturated heterocycles. The van der Waals surface area contributed by atoms with Crippen LogP contribution in [0, 0.1) is 6.92 Å². The average molecular weight is 483 g/mol. The first kappa shape index (κ1) is 24.5. The highest BCUT2D eigenvalue weighted by Gasteiger charge is 2.41. The molecule has 0 radical (unpaired) electrons. The molecule has 0 bridgehead atoms. The number of amides is 1. The first-order valence-corrected chi connectivity index (χ1v) is 13.0. The number of rotatable bonds is 8. The molecule has 3 aliphatic rings. The first-order chi connectivity index (χ1) is 16.5. The zero-order valence-corrected chi connectivity index (χ0v) is 21.1. The number of esters is 1. The zero-order valence-electron chi connectivity index (χ0n) is 20.3. The van der Waals surface area contributed by atoms with Gasteiger partial charge in [0.2, 0.25) is 5.91 Å². The molecule has 3 aliphatic heterocycles. The second kappa shape index (κ2) is 11.2. The molecule has 0 aromatic heterocycles. The Morgan fingerprint density at radius 3 is 2.74 bits per heavy atom. The Labute approximate surface area is 206 Å². The number of nitrogens with one attached hydrogen (secondary N) is 1. The summed E-state index contributed by atoms with van der Waals surface area (Å²) in [6.45, 7) is 7.80. The number of nitrogens with zero attached hydrogens (tertiary/aromatic N) is 3. The lowest BCUT2D eigenvalue weighted by molar-refractivity contribution is -0.136. The van der Waals surface area contributed by atoms with Gasteiger partial charge in [0, 0.05) is 18.8 Å². The van der Waals surface area contributed by atoms with Crippen molar-refractivity contribution in [1.82, 2.24) is 15.1 Å². The number of aliphatic imine (C=N–C) groups is 1. The van der Waals surface area contributed by atoms with E-state index in [0.29, 0.717) is 18.5 Å². The molecular formula is C26H34N4O3S. The molecular weight excluding hydrogens is 448 g/mol. The second-order valence-corrected chi connectivity index (χ2v) is 9.78. The van der Waals surface area contributed by atoms with E-state index in [9.17, 15) is 9.59 Å². The van der Waals surface area contributed by atoms with Crippen LogP contribution in [0.15, 0.2) is 51.6 Å². The summed E-state index contributed by atoms with van der Waals surface area (Å²) in [5.74, 6) is -0.397. The molecule has 1 aromatic carbocycles. The lowest BCUT2D eigenvalue weighted by Gasteiger charge is -2.36. The van der Waals surface area contributed by atoms with Crippen molar-refractivity contribution in [2.75, 3.05) is 33.3 Å². The van der Waals surface area contributed by atoms with Gasteiger partial charge in [-0.15, -0.1) is 0 Å². The van der Waals surface area contributed by atoms with Crippen LogP contribution in [0.25, 0.3) is 0 Å². The summed E-state index contributed by atoms with van der Waals surface area (Å²) in [4.78, 5) is 35.0. The number of methoxy groups -OCH3 is 1. The Balaban J connectivity index is 1.54. The molecule has 4 rings (SSSR count). The van der Waals surface area contributed by atoms with Crippen LogP contribution >= 0.6 is 11.8 Å². The third-order valence-corrected chi connectivity index (χ3v) is 7.42. The van der Waals surface area contributed by atoms with E-state index in [2.05, 4.69) is 16.3 Å². The Hall–Kier alpha value is -2.58. The van der Waals surface area contributed by atoms with E-state index in [4.69, 9.17) is 9.73 Å². The van der Waals surface area contributed by atoms with Gasteiger partial charge in [-0.2, -0.15) is 0 Å². The standard InChI is InChI=1S/C26H34N4O3S/c1-4-21-23(25(32)33-3)24(19-10-8-9-18(2)15-19)30-20(17-34-26(30)28-21)16-22(31)27-11-14-29-12-6-5-7-13-29/h8-10,15,17,24H,4-7,11-14,16H2,1-3H3,(H,27,31)/t24-/m1/s1. The Kier molecular flexibility index (Phi) is 8.11. The molecule has 1 N–H and O–H groups in total. The highest BCUT2D eigenvalue weighted by molar-refractivity contribution is 8.16. The van der Waals surface area contributed by atoms with Crippen molar-refractivity contribution in [3.05, 3.63) is 57.8 Å². The summed E-state index contributed by atoms with van der Waals surface area (Å²) in [7, 11) is 1.40. The van der Waals surface area contributed by atoms with Crippen LogP contribution in [-0.4, -0.2) is 60.1 Å². The van der Waals surface area contributed by atoms with E-state index in [1.165, 1.54) is 38.1 Å². The van der Waals surface area contributed by atoms with Crippen LogP contribution in [0.3, 0.4) is 0 Å². The maximum Gasteiger partial charge on any atom is 0.338 e. The number of fused-ring (bicyclic) bond motifs is 1. The van der Waals surface area contributed by atoms with Crippen LogP contribution in [0.1, 0.15) is 56.2 Å². The quantitative estimate of drug-likeness (QED) is 0.562. The van der Waals surface area contributed by atoms with Gasteiger partial charge < -0.3 is 19.9 Å². The van der Waals surface area contributed by atoms with Crippen molar-refractivity contribution >= 4 is 28.8 Å². The molecule has 0 spiro atoms. The number of thioether (sulfide) groups is 1. The molecule has 34 heavy (non-hydrogen) atoms. The van der Waals surface area contributed by atoms with Crippen molar-refractivity contribution < 1.29 is 14.3 Å². The Morgan fingerprint density at radius 2 is 2.03 bits per heavy atom. The number of carbonyl (C=O) groups is 2. The van der Waals surface area contributed by atoms with E-state index in [0.717, 1.165) is 47.3 Å². The van der Waals surface area contributed by atoms with E-state index in [-0.39, 0.29) is 24.3 Å². The van der Waals surface area contributed by atoms with Gasteiger partial charge in [-0.25, -0.2) is 9.79 Å². The molecule has 7 nitrogen and oxygen atoms in total. The van der Waals surface area contributed by atoms with Crippen molar-refractivity contribution in [3.63, 3.8) is 0 Å². The highest BCUT2D eigenvalue weighted by Crippen LogP contribution is 2.45. The molecule has 0 saturated carbocycles. The molecule has 0 aliphatic carbocycles. The topological polar surface area (TPSA) is 74.2 Å². The second-order valence-electron chi connectivity index (χ2n) is 8.94. The normalized spacial score (nSPS) is 20.6. The number of piperidine rings is 1. The van der Waals surface area contributed by atoms with E-state index in [1.807, 2.05) is 42.4 Å². The SMILES string of the molecule is CCC1=C(C(=O)OC)[C@@H](c2cccc(C)c2)N2C(CC(=O)NCCN3CCCCC3)=CSC2=N1. The Morgan fingerprint density at radius 1 is 1.24 bits per heavy atom. The minimum Gasteiger partial charge on any atom is -0.466 e. The minimum atomic E-state index is -0.381. The fourth-order valence-corrected chi connectivity index (χ4v) is 5.77. The van der Waals surface area contributed by atoms with Crippen molar-refractivity contribution in [2.45, 2.75) is 52.0 Å². The molecule has 8 heteroatoms. The number of hydrogen-bond acceptors (Lipinski definition) is 7. The minimum absolute atomic E-state index is 0.0158. The summed E-state index contributed by atoms with van der Waals surface area (Å²) in [5.41, 5.74) is 4.22. The molecule has 3 heterocycles. The van der Waals surface area contributed by atoms with Gasteiger partial charge in [0.25, 0.3) is 0 Å². The molecule has 1 amide bonds. The van der Waals surface area contributed by atoms with Crippen LogP contribution in [0.2, 0.25) is 0 Å². The van der Waals surface area contributed by atoms with E-state index in [1.54, 1.807) is 0 Å². The molecule has 1 fully saturated rings. The zero-order chi connectivity index (χ0) is 24.1. The predicted octanol–water partition coefficient (Wildman–Crippen LogP) is 4.13. The summed E-state index contributed by atoms with van der Waals surface area (Å²) in [6.07, 6.45) is 4.65. The molecule has 1 aromatic rings. The summed E-state index contributed by atoms with van der Waals surface area (Å²) in [6, 6.07) is 7.77.